The lowest BCUT2D eigenvalue weighted by molar-refractivity contribution is -0.120. The lowest BCUT2D eigenvalue weighted by atomic mass is 9.95. The van der Waals surface area contributed by atoms with Crippen molar-refractivity contribution in [3.05, 3.63) is 59.1 Å². The van der Waals surface area contributed by atoms with Crippen molar-refractivity contribution in [1.82, 2.24) is 5.32 Å². The highest BCUT2D eigenvalue weighted by atomic mass is 35.5. The van der Waals surface area contributed by atoms with Gasteiger partial charge in [-0.05, 0) is 73.9 Å². The minimum absolute atomic E-state index is 0.155. The summed E-state index contributed by atoms with van der Waals surface area (Å²) in [5.74, 6) is 0.963. The molecule has 154 valence electrons. The Morgan fingerprint density at radius 3 is 2.52 bits per heavy atom. The SMILES string of the molecule is Cc1cc(Cl)ccc1N(CC(=O)N[C@H]1C[C@H]2CC[C@H]1C2)S(=O)(=O)c1ccccc1. The van der Waals surface area contributed by atoms with E-state index in [4.69, 9.17) is 11.6 Å². The third-order valence-electron chi connectivity index (χ3n) is 6.13. The molecule has 2 aliphatic carbocycles. The first kappa shape index (κ1) is 20.2. The predicted molar refractivity (Wildman–Crippen MR) is 115 cm³/mol. The van der Waals surface area contributed by atoms with Crippen molar-refractivity contribution in [3.63, 3.8) is 0 Å². The normalized spacial score (nSPS) is 23.2. The summed E-state index contributed by atoms with van der Waals surface area (Å²) in [6.07, 6.45) is 4.57. The van der Waals surface area contributed by atoms with Crippen LogP contribution >= 0.6 is 11.6 Å². The maximum absolute atomic E-state index is 13.4. The van der Waals surface area contributed by atoms with E-state index in [2.05, 4.69) is 5.32 Å². The van der Waals surface area contributed by atoms with E-state index < -0.39 is 10.0 Å². The monoisotopic (exact) mass is 432 g/mol. The van der Waals surface area contributed by atoms with Gasteiger partial charge in [0.25, 0.3) is 10.0 Å². The van der Waals surface area contributed by atoms with Gasteiger partial charge in [0.1, 0.15) is 6.54 Å². The van der Waals surface area contributed by atoms with Gasteiger partial charge in [0.15, 0.2) is 0 Å². The van der Waals surface area contributed by atoms with Crippen LogP contribution in [0.5, 0.6) is 0 Å². The molecule has 0 spiro atoms. The second kappa shape index (κ2) is 8.00. The zero-order chi connectivity index (χ0) is 20.6. The molecule has 2 saturated carbocycles. The number of hydrogen-bond acceptors (Lipinski definition) is 3. The van der Waals surface area contributed by atoms with E-state index in [9.17, 15) is 13.2 Å². The number of sulfonamides is 1. The van der Waals surface area contributed by atoms with Gasteiger partial charge in [0.2, 0.25) is 5.91 Å². The molecule has 0 radical (unpaired) electrons. The van der Waals surface area contributed by atoms with E-state index in [-0.39, 0.29) is 23.4 Å². The molecule has 4 rings (SSSR count). The van der Waals surface area contributed by atoms with Crippen molar-refractivity contribution < 1.29 is 13.2 Å². The molecule has 2 aromatic rings. The zero-order valence-electron chi connectivity index (χ0n) is 16.3. The smallest absolute Gasteiger partial charge is 0.264 e. The summed E-state index contributed by atoms with van der Waals surface area (Å²) in [7, 11) is -3.90. The van der Waals surface area contributed by atoms with Crippen LogP contribution in [0.15, 0.2) is 53.4 Å². The molecule has 3 atom stereocenters. The van der Waals surface area contributed by atoms with Crippen LogP contribution in [0.3, 0.4) is 0 Å². The average molecular weight is 433 g/mol. The van der Waals surface area contributed by atoms with Gasteiger partial charge in [-0.1, -0.05) is 36.2 Å². The van der Waals surface area contributed by atoms with Gasteiger partial charge in [-0.2, -0.15) is 0 Å². The third-order valence-corrected chi connectivity index (χ3v) is 8.14. The molecule has 0 aromatic heterocycles. The summed E-state index contributed by atoms with van der Waals surface area (Å²) in [5, 5.41) is 3.62. The summed E-state index contributed by atoms with van der Waals surface area (Å²) in [6, 6.07) is 13.4. The highest BCUT2D eigenvalue weighted by Crippen LogP contribution is 2.44. The van der Waals surface area contributed by atoms with Gasteiger partial charge >= 0.3 is 0 Å². The number of nitrogens with zero attached hydrogens (tertiary/aromatic N) is 1. The zero-order valence-corrected chi connectivity index (χ0v) is 17.9. The lowest BCUT2D eigenvalue weighted by Gasteiger charge is -2.28. The van der Waals surface area contributed by atoms with Crippen LogP contribution in [0.25, 0.3) is 0 Å². The summed E-state index contributed by atoms with van der Waals surface area (Å²) in [6.45, 7) is 1.54. The molecule has 0 heterocycles. The Balaban J connectivity index is 1.62. The van der Waals surface area contributed by atoms with Crippen molar-refractivity contribution in [3.8, 4) is 0 Å². The van der Waals surface area contributed by atoms with E-state index in [0.29, 0.717) is 28.1 Å². The predicted octanol–water partition coefficient (Wildman–Crippen LogP) is 4.15. The van der Waals surface area contributed by atoms with Crippen LogP contribution < -0.4 is 9.62 Å². The fourth-order valence-corrected chi connectivity index (χ4v) is 6.46. The maximum Gasteiger partial charge on any atom is 0.264 e. The van der Waals surface area contributed by atoms with Crippen molar-refractivity contribution in [2.75, 3.05) is 10.8 Å². The Hall–Kier alpha value is -2.05. The van der Waals surface area contributed by atoms with Gasteiger partial charge in [-0.15, -0.1) is 0 Å². The number of hydrogen-bond donors (Lipinski definition) is 1. The minimum Gasteiger partial charge on any atom is -0.352 e. The van der Waals surface area contributed by atoms with Gasteiger partial charge in [0, 0.05) is 11.1 Å². The first-order valence-electron chi connectivity index (χ1n) is 9.98. The largest absolute Gasteiger partial charge is 0.352 e. The van der Waals surface area contributed by atoms with Crippen LogP contribution in [0, 0.1) is 18.8 Å². The summed E-state index contributed by atoms with van der Waals surface area (Å²) in [4.78, 5) is 13.0. The molecule has 0 aliphatic heterocycles. The standard InChI is InChI=1S/C22H25ClN2O3S/c1-15-11-18(23)9-10-21(15)25(29(27,28)19-5-3-2-4-6-19)14-22(26)24-20-13-16-7-8-17(20)12-16/h2-6,9-11,16-17,20H,7-8,12-14H2,1H3,(H,24,26)/t16-,17-,20-/m0/s1. The van der Waals surface area contributed by atoms with E-state index in [1.807, 2.05) is 0 Å². The average Bonchev–Trinajstić information content (AvgIpc) is 3.30. The number of nitrogens with one attached hydrogen (secondary N) is 1. The van der Waals surface area contributed by atoms with Crippen molar-refractivity contribution >= 4 is 33.2 Å². The first-order valence-corrected chi connectivity index (χ1v) is 11.8. The molecule has 7 heteroatoms. The van der Waals surface area contributed by atoms with Gasteiger partial charge < -0.3 is 5.32 Å². The van der Waals surface area contributed by atoms with Crippen LogP contribution in [0.1, 0.15) is 31.2 Å². The molecular formula is C22H25ClN2O3S. The minimum atomic E-state index is -3.90. The highest BCUT2D eigenvalue weighted by Gasteiger charge is 2.40. The number of carbonyl (C=O) groups excluding carboxylic acids is 1. The van der Waals surface area contributed by atoms with Gasteiger partial charge in [-0.3, -0.25) is 9.10 Å². The number of carbonyl (C=O) groups is 1. The fraction of sp³-hybridized carbons (Fsp3) is 0.409. The van der Waals surface area contributed by atoms with Crippen molar-refractivity contribution in [1.29, 1.82) is 0 Å². The molecule has 0 unspecified atom stereocenters. The number of anilines is 1. The number of aryl methyl sites for hydroxylation is 1. The number of benzene rings is 2. The molecule has 0 saturated heterocycles. The molecule has 2 aliphatic rings. The molecule has 1 N–H and O–H groups in total. The second-order valence-corrected chi connectivity index (χ2v) is 10.4. The molecular weight excluding hydrogens is 408 g/mol. The van der Waals surface area contributed by atoms with E-state index in [1.165, 1.54) is 17.1 Å². The Morgan fingerprint density at radius 1 is 1.14 bits per heavy atom. The van der Waals surface area contributed by atoms with Crippen LogP contribution in [0.4, 0.5) is 5.69 Å². The van der Waals surface area contributed by atoms with E-state index in [1.54, 1.807) is 55.5 Å². The third kappa shape index (κ3) is 4.14. The van der Waals surface area contributed by atoms with Gasteiger partial charge in [0.05, 0.1) is 10.6 Å². The number of fused-ring (bicyclic) bond motifs is 2. The van der Waals surface area contributed by atoms with Crippen molar-refractivity contribution in [2.24, 2.45) is 11.8 Å². The molecule has 2 bridgehead atoms. The summed E-state index contributed by atoms with van der Waals surface area (Å²) in [5.41, 5.74) is 1.16. The van der Waals surface area contributed by atoms with Crippen LogP contribution in [-0.4, -0.2) is 26.9 Å². The van der Waals surface area contributed by atoms with Crippen molar-refractivity contribution in [2.45, 2.75) is 43.5 Å². The maximum atomic E-state index is 13.4. The Labute approximate surface area is 177 Å². The fourth-order valence-electron chi connectivity index (χ4n) is 4.72. The molecule has 2 aromatic carbocycles. The Morgan fingerprint density at radius 2 is 1.90 bits per heavy atom. The first-order chi connectivity index (χ1) is 13.8. The second-order valence-electron chi connectivity index (χ2n) is 8.10. The van der Waals surface area contributed by atoms with E-state index >= 15 is 0 Å². The topological polar surface area (TPSA) is 66.5 Å². The number of rotatable bonds is 6. The van der Waals surface area contributed by atoms with Gasteiger partial charge in [-0.25, -0.2) is 8.42 Å². The number of halogens is 1. The quantitative estimate of drug-likeness (QED) is 0.745. The molecule has 5 nitrogen and oxygen atoms in total. The summed E-state index contributed by atoms with van der Waals surface area (Å²) >= 11 is 6.06. The van der Waals surface area contributed by atoms with Crippen LogP contribution in [0.2, 0.25) is 5.02 Å². The molecule has 29 heavy (non-hydrogen) atoms. The Kier molecular flexibility index (Phi) is 5.58. The lowest BCUT2D eigenvalue weighted by Crippen LogP contribution is -2.46. The van der Waals surface area contributed by atoms with Crippen LogP contribution in [-0.2, 0) is 14.8 Å². The van der Waals surface area contributed by atoms with E-state index in [0.717, 1.165) is 12.8 Å². The highest BCUT2D eigenvalue weighted by molar-refractivity contribution is 7.92. The number of amides is 1. The summed E-state index contributed by atoms with van der Waals surface area (Å²) < 4.78 is 28.0. The molecule has 2 fully saturated rings. The molecule has 1 amide bonds. The Bertz CT molecular complexity index is 1010.